The molecule has 2 heterocycles. The monoisotopic (exact) mass is 280 g/mol. The third-order valence-electron chi connectivity index (χ3n) is 3.86. The summed E-state index contributed by atoms with van der Waals surface area (Å²) >= 11 is 1.82. The molecule has 3 nitrogen and oxygen atoms in total. The topological polar surface area (TPSA) is 46.3 Å². The van der Waals surface area contributed by atoms with E-state index in [2.05, 4.69) is 17.5 Å². The second kappa shape index (κ2) is 7.65. The van der Waals surface area contributed by atoms with E-state index in [4.69, 9.17) is 5.73 Å². The molecule has 0 aliphatic carbocycles. The van der Waals surface area contributed by atoms with Gasteiger partial charge in [-0.15, -0.1) is 11.3 Å². The molecule has 19 heavy (non-hydrogen) atoms. The molecule has 1 saturated heterocycles. The smallest absolute Gasteiger partial charge is 0.222 e. The number of thiophene rings is 1. The molecular weight excluding hydrogens is 256 g/mol. The van der Waals surface area contributed by atoms with Gasteiger partial charge in [-0.25, -0.2) is 0 Å². The van der Waals surface area contributed by atoms with E-state index in [0.717, 1.165) is 38.6 Å². The number of aryl methyl sites for hydroxylation is 1. The van der Waals surface area contributed by atoms with Crippen LogP contribution < -0.4 is 5.73 Å². The third kappa shape index (κ3) is 4.32. The predicted octanol–water partition coefficient (Wildman–Crippen LogP) is 2.80. The Morgan fingerprint density at radius 1 is 1.42 bits per heavy atom. The van der Waals surface area contributed by atoms with E-state index >= 15 is 0 Å². The number of nitrogens with two attached hydrogens (primary N) is 1. The van der Waals surface area contributed by atoms with Gasteiger partial charge in [-0.05, 0) is 43.6 Å². The van der Waals surface area contributed by atoms with E-state index < -0.39 is 0 Å². The normalized spacial score (nSPS) is 19.0. The average molecular weight is 280 g/mol. The summed E-state index contributed by atoms with van der Waals surface area (Å²) in [7, 11) is 0. The van der Waals surface area contributed by atoms with Gasteiger partial charge in [0.1, 0.15) is 0 Å². The lowest BCUT2D eigenvalue weighted by Crippen LogP contribution is -2.39. The number of carbonyl (C=O) groups excluding carboxylic acids is 1. The van der Waals surface area contributed by atoms with E-state index in [1.54, 1.807) is 0 Å². The lowest BCUT2D eigenvalue weighted by atomic mass is 10.1. The lowest BCUT2D eigenvalue weighted by Gasteiger charge is -2.23. The highest BCUT2D eigenvalue weighted by Crippen LogP contribution is 2.18. The van der Waals surface area contributed by atoms with Gasteiger partial charge in [-0.2, -0.15) is 0 Å². The van der Waals surface area contributed by atoms with Crippen molar-refractivity contribution in [1.82, 2.24) is 4.90 Å². The number of rotatable bonds is 7. The largest absolute Gasteiger partial charge is 0.338 e. The average Bonchev–Trinajstić information content (AvgIpc) is 3.08. The number of hydrogen-bond donors (Lipinski definition) is 1. The Kier molecular flexibility index (Phi) is 5.86. The summed E-state index contributed by atoms with van der Waals surface area (Å²) in [6.45, 7) is 1.53. The molecule has 4 heteroatoms. The van der Waals surface area contributed by atoms with Crippen molar-refractivity contribution in [2.24, 2.45) is 5.73 Å². The molecule has 0 spiro atoms. The number of carbonyl (C=O) groups is 1. The van der Waals surface area contributed by atoms with Gasteiger partial charge >= 0.3 is 0 Å². The van der Waals surface area contributed by atoms with Crippen molar-refractivity contribution in [3.8, 4) is 0 Å². The first-order valence-corrected chi connectivity index (χ1v) is 8.21. The molecule has 0 radical (unpaired) electrons. The Morgan fingerprint density at radius 2 is 2.32 bits per heavy atom. The van der Waals surface area contributed by atoms with Gasteiger partial charge in [-0.3, -0.25) is 4.79 Å². The zero-order valence-electron chi connectivity index (χ0n) is 11.5. The van der Waals surface area contributed by atoms with Crippen molar-refractivity contribution in [1.29, 1.82) is 0 Å². The first-order valence-electron chi connectivity index (χ1n) is 7.33. The van der Waals surface area contributed by atoms with Crippen molar-refractivity contribution in [3.63, 3.8) is 0 Å². The zero-order chi connectivity index (χ0) is 13.5. The quantitative estimate of drug-likeness (QED) is 0.781. The molecule has 2 N–H and O–H groups in total. The fourth-order valence-corrected chi connectivity index (χ4v) is 3.51. The molecular formula is C15H24N2OS. The number of amides is 1. The Hall–Kier alpha value is -0.870. The molecule has 1 aromatic rings. The molecule has 1 aliphatic heterocycles. The van der Waals surface area contributed by atoms with Crippen molar-refractivity contribution in [3.05, 3.63) is 22.4 Å². The maximum absolute atomic E-state index is 12.1. The Labute approximate surface area is 119 Å². The van der Waals surface area contributed by atoms with E-state index in [0.29, 0.717) is 24.9 Å². The fourth-order valence-electron chi connectivity index (χ4n) is 2.76. The summed E-state index contributed by atoms with van der Waals surface area (Å²) in [6, 6.07) is 4.59. The number of likely N-dealkylation sites (tertiary alicyclic amines) is 1. The summed E-state index contributed by atoms with van der Waals surface area (Å²) in [5.74, 6) is 0.309. The van der Waals surface area contributed by atoms with Gasteiger partial charge in [0, 0.05) is 30.4 Å². The van der Waals surface area contributed by atoms with Crippen LogP contribution in [0.2, 0.25) is 0 Å². The summed E-state index contributed by atoms with van der Waals surface area (Å²) in [5.41, 5.74) is 5.70. The highest BCUT2D eigenvalue weighted by atomic mass is 32.1. The maximum Gasteiger partial charge on any atom is 0.222 e. The molecule has 1 amide bonds. The van der Waals surface area contributed by atoms with Crippen molar-refractivity contribution < 1.29 is 4.79 Å². The maximum atomic E-state index is 12.1. The summed E-state index contributed by atoms with van der Waals surface area (Å²) < 4.78 is 0. The summed E-state index contributed by atoms with van der Waals surface area (Å²) in [5, 5.41) is 2.12. The molecule has 1 aromatic heterocycles. The molecule has 106 valence electrons. The van der Waals surface area contributed by atoms with Crippen molar-refractivity contribution in [2.75, 3.05) is 13.1 Å². The van der Waals surface area contributed by atoms with Crippen LogP contribution in [-0.4, -0.2) is 29.9 Å². The van der Waals surface area contributed by atoms with E-state index in [1.807, 2.05) is 16.2 Å². The van der Waals surface area contributed by atoms with Crippen LogP contribution in [0.15, 0.2) is 17.5 Å². The second-order valence-corrected chi connectivity index (χ2v) is 6.29. The van der Waals surface area contributed by atoms with Crippen LogP contribution in [0.1, 0.15) is 43.4 Å². The minimum Gasteiger partial charge on any atom is -0.338 e. The number of nitrogens with zero attached hydrogens (tertiary/aromatic N) is 1. The van der Waals surface area contributed by atoms with Crippen molar-refractivity contribution >= 4 is 17.2 Å². The first-order chi connectivity index (χ1) is 9.31. The number of hydrogen-bond acceptors (Lipinski definition) is 3. The summed E-state index contributed by atoms with van der Waals surface area (Å²) in [6.07, 6.45) is 7.39. The van der Waals surface area contributed by atoms with Crippen molar-refractivity contribution in [2.45, 2.75) is 51.0 Å². The predicted molar refractivity (Wildman–Crippen MR) is 80.3 cm³/mol. The minimum atomic E-state index is 0.304. The van der Waals surface area contributed by atoms with Gasteiger partial charge in [-0.1, -0.05) is 12.5 Å². The van der Waals surface area contributed by atoms with Gasteiger partial charge < -0.3 is 10.6 Å². The van der Waals surface area contributed by atoms with Crippen LogP contribution >= 0.6 is 11.3 Å². The lowest BCUT2D eigenvalue weighted by molar-refractivity contribution is -0.131. The molecule has 0 saturated carbocycles. The van der Waals surface area contributed by atoms with Crippen LogP contribution in [-0.2, 0) is 11.2 Å². The van der Waals surface area contributed by atoms with Crippen LogP contribution in [0, 0.1) is 0 Å². The molecule has 2 rings (SSSR count). The van der Waals surface area contributed by atoms with Crippen LogP contribution in [0.5, 0.6) is 0 Å². The second-order valence-electron chi connectivity index (χ2n) is 5.26. The van der Waals surface area contributed by atoms with Gasteiger partial charge in [0.15, 0.2) is 0 Å². The molecule has 1 fully saturated rings. The SMILES string of the molecule is NCC1CCCN1C(=O)CCCCCc1cccs1. The molecule has 0 bridgehead atoms. The Bertz CT molecular complexity index is 378. The summed E-state index contributed by atoms with van der Waals surface area (Å²) in [4.78, 5) is 15.5. The number of unbranched alkanes of at least 4 members (excludes halogenated alkanes) is 2. The van der Waals surface area contributed by atoms with Gasteiger partial charge in [0.25, 0.3) is 0 Å². The molecule has 0 aromatic carbocycles. The highest BCUT2D eigenvalue weighted by molar-refractivity contribution is 7.09. The van der Waals surface area contributed by atoms with E-state index in [-0.39, 0.29) is 0 Å². The Balaban J connectivity index is 1.59. The molecule has 1 aliphatic rings. The van der Waals surface area contributed by atoms with Gasteiger partial charge in [0.2, 0.25) is 5.91 Å². The minimum absolute atomic E-state index is 0.304. The fraction of sp³-hybridized carbons (Fsp3) is 0.667. The van der Waals surface area contributed by atoms with Crippen LogP contribution in [0.3, 0.4) is 0 Å². The van der Waals surface area contributed by atoms with Crippen LogP contribution in [0.25, 0.3) is 0 Å². The third-order valence-corrected chi connectivity index (χ3v) is 4.80. The Morgan fingerprint density at radius 3 is 3.05 bits per heavy atom. The zero-order valence-corrected chi connectivity index (χ0v) is 12.3. The first kappa shape index (κ1) is 14.5. The molecule has 1 atom stereocenters. The van der Waals surface area contributed by atoms with Crippen LogP contribution in [0.4, 0.5) is 0 Å². The van der Waals surface area contributed by atoms with E-state index in [9.17, 15) is 4.79 Å². The standard InChI is InChI=1S/C15H24N2OS/c16-12-13-6-4-10-17(13)15(18)9-3-1-2-7-14-8-5-11-19-14/h5,8,11,13H,1-4,6-7,9-10,12,16H2. The van der Waals surface area contributed by atoms with Gasteiger partial charge in [0.05, 0.1) is 0 Å². The van der Waals surface area contributed by atoms with E-state index in [1.165, 1.54) is 11.3 Å². The highest BCUT2D eigenvalue weighted by Gasteiger charge is 2.26. The molecule has 1 unspecified atom stereocenters.